The molecule has 1 unspecified atom stereocenters. The molecule has 166 valence electrons. The van der Waals surface area contributed by atoms with Crippen LogP contribution in [0.4, 0.5) is 0 Å². The van der Waals surface area contributed by atoms with Crippen LogP contribution in [0.15, 0.2) is 47.4 Å². The van der Waals surface area contributed by atoms with Gasteiger partial charge in [0.2, 0.25) is 5.43 Å². The molecular weight excluding hydrogens is 414 g/mol. The Kier molecular flexibility index (Phi) is 6.34. The summed E-state index contributed by atoms with van der Waals surface area (Å²) in [5, 5.41) is 0.246. The Bertz CT molecular complexity index is 1230. The second-order valence-electron chi connectivity index (χ2n) is 7.38. The number of esters is 1. The number of carbonyl (C=O) groups excluding carboxylic acids is 2. The number of pyridine rings is 1. The molecule has 1 aromatic heterocycles. The maximum Gasteiger partial charge on any atom is 0.343 e. The van der Waals surface area contributed by atoms with Crippen LogP contribution in [0.3, 0.4) is 0 Å². The van der Waals surface area contributed by atoms with Crippen LogP contribution < -0.4 is 10.2 Å². The van der Waals surface area contributed by atoms with Crippen LogP contribution >= 0.6 is 0 Å². The SMILES string of the molecule is CCOC(=O)c1cn2c3c(cc(C=O)cc3c1=O)OC(c1cccc(COCOC)c1)C2. The molecule has 3 aromatic rings. The van der Waals surface area contributed by atoms with Gasteiger partial charge in [0.1, 0.15) is 30.5 Å². The number of rotatable bonds is 8. The van der Waals surface area contributed by atoms with Crippen LogP contribution in [0.5, 0.6) is 5.75 Å². The number of hydrogen-bond donors (Lipinski definition) is 0. The fourth-order valence-electron chi connectivity index (χ4n) is 3.85. The van der Waals surface area contributed by atoms with E-state index in [2.05, 4.69) is 0 Å². The molecule has 4 rings (SSSR count). The minimum atomic E-state index is -0.693. The van der Waals surface area contributed by atoms with Gasteiger partial charge >= 0.3 is 5.97 Å². The van der Waals surface area contributed by atoms with E-state index in [-0.39, 0.29) is 24.3 Å². The Morgan fingerprint density at radius 2 is 2.12 bits per heavy atom. The largest absolute Gasteiger partial charge is 0.482 e. The molecule has 0 saturated heterocycles. The Labute approximate surface area is 184 Å². The fraction of sp³-hybridized carbons (Fsp3) is 0.292. The summed E-state index contributed by atoms with van der Waals surface area (Å²) < 4.78 is 23.4. The van der Waals surface area contributed by atoms with E-state index in [4.69, 9.17) is 18.9 Å². The van der Waals surface area contributed by atoms with Gasteiger partial charge in [0.05, 0.1) is 30.7 Å². The molecule has 1 aliphatic rings. The Balaban J connectivity index is 1.78. The lowest BCUT2D eigenvalue weighted by atomic mass is 10.0. The minimum Gasteiger partial charge on any atom is -0.482 e. The van der Waals surface area contributed by atoms with Crippen molar-refractivity contribution in [3.8, 4) is 5.75 Å². The lowest BCUT2D eigenvalue weighted by Crippen LogP contribution is -2.27. The van der Waals surface area contributed by atoms with Crippen molar-refractivity contribution in [1.29, 1.82) is 0 Å². The molecule has 0 radical (unpaired) electrons. The molecule has 0 spiro atoms. The average Bonchev–Trinajstić information content (AvgIpc) is 2.81. The third kappa shape index (κ3) is 4.15. The van der Waals surface area contributed by atoms with Crippen LogP contribution in [0, 0.1) is 0 Å². The quantitative estimate of drug-likeness (QED) is 0.231. The average molecular weight is 437 g/mol. The van der Waals surface area contributed by atoms with Gasteiger partial charge in [0.25, 0.3) is 0 Å². The summed E-state index contributed by atoms with van der Waals surface area (Å²) in [5.74, 6) is -0.282. The van der Waals surface area contributed by atoms with Gasteiger partial charge in [0.15, 0.2) is 0 Å². The zero-order chi connectivity index (χ0) is 22.7. The number of nitrogens with zero attached hydrogens (tertiary/aromatic N) is 1. The summed E-state index contributed by atoms with van der Waals surface area (Å²) in [6.07, 6.45) is 1.76. The number of ether oxygens (including phenoxy) is 4. The molecule has 0 saturated carbocycles. The standard InChI is InChI=1S/C24H23NO7/c1-3-31-24(28)19-10-25-11-21(17-6-4-5-15(7-17)13-30-14-29-2)32-20-9-16(12-26)8-18(22(20)25)23(19)27/h4-10,12,21H,3,11,13-14H2,1-2H3. The van der Waals surface area contributed by atoms with Crippen LogP contribution in [0.25, 0.3) is 10.9 Å². The second kappa shape index (κ2) is 9.33. The molecule has 0 aliphatic carbocycles. The first kappa shape index (κ1) is 21.7. The van der Waals surface area contributed by atoms with Crippen molar-refractivity contribution < 1.29 is 28.5 Å². The van der Waals surface area contributed by atoms with Gasteiger partial charge in [-0.05, 0) is 36.2 Å². The van der Waals surface area contributed by atoms with Crippen molar-refractivity contribution in [3.63, 3.8) is 0 Å². The Morgan fingerprint density at radius 3 is 2.88 bits per heavy atom. The van der Waals surface area contributed by atoms with Gasteiger partial charge in [-0.15, -0.1) is 0 Å². The highest BCUT2D eigenvalue weighted by Gasteiger charge is 2.27. The van der Waals surface area contributed by atoms with E-state index in [1.165, 1.54) is 12.3 Å². The molecule has 2 aromatic carbocycles. The maximum absolute atomic E-state index is 13.0. The number of benzene rings is 2. The van der Waals surface area contributed by atoms with Crippen LogP contribution in [-0.2, 0) is 27.4 Å². The van der Waals surface area contributed by atoms with Gasteiger partial charge in [-0.25, -0.2) is 4.79 Å². The number of aldehydes is 1. The topological polar surface area (TPSA) is 93.1 Å². The predicted molar refractivity (Wildman–Crippen MR) is 116 cm³/mol. The third-order valence-corrected chi connectivity index (χ3v) is 5.21. The van der Waals surface area contributed by atoms with Gasteiger partial charge < -0.3 is 23.5 Å². The molecule has 1 aliphatic heterocycles. The lowest BCUT2D eigenvalue weighted by molar-refractivity contribution is -0.0391. The molecule has 2 heterocycles. The van der Waals surface area contributed by atoms with Crippen molar-refractivity contribution in [2.75, 3.05) is 20.5 Å². The minimum absolute atomic E-state index is 0.0734. The first-order valence-corrected chi connectivity index (χ1v) is 10.2. The van der Waals surface area contributed by atoms with E-state index < -0.39 is 17.5 Å². The zero-order valence-corrected chi connectivity index (χ0v) is 17.8. The third-order valence-electron chi connectivity index (χ3n) is 5.21. The molecule has 0 bridgehead atoms. The summed E-state index contributed by atoms with van der Waals surface area (Å²) in [6, 6.07) is 10.8. The molecule has 0 N–H and O–H groups in total. The molecule has 0 fully saturated rings. The molecular formula is C24H23NO7. The number of aromatic nitrogens is 1. The van der Waals surface area contributed by atoms with Crippen LogP contribution in [0.1, 0.15) is 44.9 Å². The monoisotopic (exact) mass is 437 g/mol. The highest BCUT2D eigenvalue weighted by atomic mass is 16.7. The van der Waals surface area contributed by atoms with Crippen molar-refractivity contribution >= 4 is 23.2 Å². The van der Waals surface area contributed by atoms with Crippen molar-refractivity contribution in [3.05, 3.63) is 75.1 Å². The summed E-state index contributed by atoms with van der Waals surface area (Å²) in [6.45, 7) is 2.78. The highest BCUT2D eigenvalue weighted by molar-refractivity contribution is 5.97. The van der Waals surface area contributed by atoms with Crippen molar-refractivity contribution in [2.45, 2.75) is 26.2 Å². The van der Waals surface area contributed by atoms with Crippen LogP contribution in [0.2, 0.25) is 0 Å². The number of methoxy groups -OCH3 is 1. The Morgan fingerprint density at radius 1 is 1.28 bits per heavy atom. The first-order valence-electron chi connectivity index (χ1n) is 10.2. The normalized spacial score (nSPS) is 14.8. The summed E-state index contributed by atoms with van der Waals surface area (Å²) in [7, 11) is 1.56. The van der Waals surface area contributed by atoms with E-state index in [1.54, 1.807) is 20.1 Å². The lowest BCUT2D eigenvalue weighted by Gasteiger charge is -2.29. The van der Waals surface area contributed by atoms with E-state index in [1.807, 2.05) is 28.8 Å². The van der Waals surface area contributed by atoms with Crippen molar-refractivity contribution in [1.82, 2.24) is 4.57 Å². The van der Waals surface area contributed by atoms with E-state index in [0.29, 0.717) is 36.3 Å². The summed E-state index contributed by atoms with van der Waals surface area (Å²) >= 11 is 0. The Hall–Kier alpha value is -3.49. The molecule has 0 amide bonds. The highest BCUT2D eigenvalue weighted by Crippen LogP contribution is 2.36. The van der Waals surface area contributed by atoms with E-state index >= 15 is 0 Å². The predicted octanol–water partition coefficient (Wildman–Crippen LogP) is 3.24. The van der Waals surface area contributed by atoms with Gasteiger partial charge in [-0.2, -0.15) is 0 Å². The molecule has 8 heteroatoms. The molecule has 1 atom stereocenters. The van der Waals surface area contributed by atoms with E-state index in [0.717, 1.165) is 11.1 Å². The van der Waals surface area contributed by atoms with Gasteiger partial charge in [-0.3, -0.25) is 9.59 Å². The fourth-order valence-corrected chi connectivity index (χ4v) is 3.85. The van der Waals surface area contributed by atoms with Crippen molar-refractivity contribution in [2.24, 2.45) is 0 Å². The smallest absolute Gasteiger partial charge is 0.343 e. The second-order valence-corrected chi connectivity index (χ2v) is 7.38. The van der Waals surface area contributed by atoms with Gasteiger partial charge in [0, 0.05) is 18.9 Å². The summed E-state index contributed by atoms with van der Waals surface area (Å²) in [5.41, 5.74) is 2.13. The molecule has 32 heavy (non-hydrogen) atoms. The van der Waals surface area contributed by atoms with Crippen LogP contribution in [-0.4, -0.2) is 37.3 Å². The van der Waals surface area contributed by atoms with Gasteiger partial charge in [-0.1, -0.05) is 18.2 Å². The first-order chi connectivity index (χ1) is 15.5. The van der Waals surface area contributed by atoms with E-state index in [9.17, 15) is 14.4 Å². The zero-order valence-electron chi connectivity index (χ0n) is 17.8. The molecule has 8 nitrogen and oxygen atoms in total. The maximum atomic E-state index is 13.0. The number of carbonyl (C=O) groups is 2. The summed E-state index contributed by atoms with van der Waals surface area (Å²) in [4.78, 5) is 36.9. The number of hydrogen-bond acceptors (Lipinski definition) is 7.